The van der Waals surface area contributed by atoms with Crippen LogP contribution in [0.5, 0.6) is 0 Å². The minimum absolute atomic E-state index is 0.0247. The van der Waals surface area contributed by atoms with Crippen molar-refractivity contribution >= 4 is 43.8 Å². The Labute approximate surface area is 295 Å². The van der Waals surface area contributed by atoms with Gasteiger partial charge in [0.15, 0.2) is 20.4 Å². The molecule has 0 unspecified atom stereocenters. The number of nitrogens with one attached hydrogen (secondary N) is 2. The van der Waals surface area contributed by atoms with Crippen molar-refractivity contribution in [2.75, 3.05) is 44.3 Å². The number of hydrogen-bond acceptors (Lipinski definition) is 10. The van der Waals surface area contributed by atoms with E-state index in [-0.39, 0.29) is 25.4 Å². The molecule has 1 saturated carbocycles. The lowest BCUT2D eigenvalue weighted by Gasteiger charge is -2.29. The molecular formula is C37H37N9O4S. The minimum Gasteiger partial charge on any atom is -0.338 e. The molecule has 1 saturated heterocycles. The van der Waals surface area contributed by atoms with E-state index in [0.717, 1.165) is 63.8 Å². The van der Waals surface area contributed by atoms with Gasteiger partial charge >= 0.3 is 0 Å². The number of hydrogen-bond donors (Lipinski definition) is 2. The standard InChI is InChI=1S/C37H37N9O4S/c1-51(49,50)37(36(48)42-28-6-8-31-29(20-28)34(44-43-31)26-9-15-38-32(19-26)24-3-4-24)12-18-45(23-37)22-33(47)46-16-10-25(11-17-46)30-7-5-27(21-41-30)35-39-13-2-14-40-35/h2,5-10,13-15,19-21,24H,3-4,11-12,16-18,22-23H2,1H3,(H,42,48)(H,43,44)/t37-/m0/s1. The number of rotatable bonds is 9. The third-order valence-corrected chi connectivity index (χ3v) is 12.1. The molecule has 0 spiro atoms. The summed E-state index contributed by atoms with van der Waals surface area (Å²) in [5, 5.41) is 11.3. The van der Waals surface area contributed by atoms with E-state index in [4.69, 9.17) is 0 Å². The average Bonchev–Trinajstić information content (AvgIpc) is 3.77. The number of aromatic amines is 1. The lowest BCUT2D eigenvalue weighted by Crippen LogP contribution is -2.52. The zero-order valence-electron chi connectivity index (χ0n) is 28.1. The number of likely N-dealkylation sites (tertiary alicyclic amines) is 1. The van der Waals surface area contributed by atoms with Crippen LogP contribution in [0, 0.1) is 0 Å². The Bertz CT molecular complexity index is 2270. The summed E-state index contributed by atoms with van der Waals surface area (Å²) < 4.78 is 24.8. The fraction of sp³-hybridized carbons (Fsp3) is 0.324. The van der Waals surface area contributed by atoms with Crippen molar-refractivity contribution in [3.8, 4) is 22.6 Å². The van der Waals surface area contributed by atoms with Gasteiger partial charge in [-0.05, 0) is 79.8 Å². The van der Waals surface area contributed by atoms with E-state index in [9.17, 15) is 18.0 Å². The van der Waals surface area contributed by atoms with Crippen molar-refractivity contribution in [3.05, 3.63) is 90.8 Å². The molecule has 260 valence electrons. The summed E-state index contributed by atoms with van der Waals surface area (Å²) in [7, 11) is -3.85. The molecule has 1 atom stereocenters. The maximum absolute atomic E-state index is 13.9. The number of anilines is 1. The predicted octanol–water partition coefficient (Wildman–Crippen LogP) is 4.10. The van der Waals surface area contributed by atoms with Crippen LogP contribution in [0.2, 0.25) is 0 Å². The minimum atomic E-state index is -3.85. The van der Waals surface area contributed by atoms with Crippen LogP contribution in [0.1, 0.15) is 43.0 Å². The van der Waals surface area contributed by atoms with Gasteiger partial charge in [-0.15, -0.1) is 0 Å². The van der Waals surface area contributed by atoms with Gasteiger partial charge in [-0.25, -0.2) is 18.4 Å². The normalized spacial score (nSPS) is 19.6. The van der Waals surface area contributed by atoms with Crippen LogP contribution < -0.4 is 5.32 Å². The lowest BCUT2D eigenvalue weighted by atomic mass is 10.0. The molecular weight excluding hydrogens is 667 g/mol. The van der Waals surface area contributed by atoms with Crippen LogP contribution in [0.4, 0.5) is 5.69 Å². The summed E-state index contributed by atoms with van der Waals surface area (Å²) in [5.41, 5.74) is 6.70. The van der Waals surface area contributed by atoms with Gasteiger partial charge in [-0.3, -0.25) is 29.6 Å². The van der Waals surface area contributed by atoms with Crippen molar-refractivity contribution in [1.82, 2.24) is 39.9 Å². The number of pyridine rings is 2. The molecule has 1 aliphatic carbocycles. The SMILES string of the molecule is CS(=O)(=O)[C@@]1(C(=O)Nc2ccc3[nH]nc(-c4ccnc(C5CC5)c4)c3c2)CCN(CC(=O)N2CC=C(c3ccc(-c4ncccn4)cn3)CC2)C1. The smallest absolute Gasteiger partial charge is 0.247 e. The van der Waals surface area contributed by atoms with Gasteiger partial charge < -0.3 is 10.2 Å². The molecule has 13 nitrogen and oxygen atoms in total. The van der Waals surface area contributed by atoms with Crippen LogP contribution in [0.15, 0.2) is 79.4 Å². The zero-order chi connectivity index (χ0) is 35.2. The highest BCUT2D eigenvalue weighted by molar-refractivity contribution is 7.93. The Morgan fingerprint density at radius 2 is 1.82 bits per heavy atom. The fourth-order valence-corrected chi connectivity index (χ4v) is 8.25. The third kappa shape index (κ3) is 6.52. The number of sulfone groups is 1. The van der Waals surface area contributed by atoms with E-state index in [1.807, 2.05) is 36.4 Å². The third-order valence-electron chi connectivity index (χ3n) is 10.1. The largest absolute Gasteiger partial charge is 0.338 e. The van der Waals surface area contributed by atoms with Gasteiger partial charge in [0.05, 0.1) is 17.8 Å². The molecule has 2 aliphatic heterocycles. The van der Waals surface area contributed by atoms with Gasteiger partial charge in [0.2, 0.25) is 11.8 Å². The summed E-state index contributed by atoms with van der Waals surface area (Å²) >= 11 is 0. The first kappa shape index (κ1) is 32.8. The lowest BCUT2D eigenvalue weighted by molar-refractivity contribution is -0.132. The number of carbonyl (C=O) groups excluding carboxylic acids is 2. The van der Waals surface area contributed by atoms with E-state index >= 15 is 0 Å². The highest BCUT2D eigenvalue weighted by Gasteiger charge is 2.53. The quantitative estimate of drug-likeness (QED) is 0.228. The highest BCUT2D eigenvalue weighted by Crippen LogP contribution is 2.40. The second-order valence-corrected chi connectivity index (χ2v) is 15.9. The van der Waals surface area contributed by atoms with Crippen LogP contribution in [-0.4, -0.2) is 104 Å². The van der Waals surface area contributed by atoms with E-state index in [1.165, 1.54) is 0 Å². The van der Waals surface area contributed by atoms with E-state index in [1.54, 1.807) is 46.7 Å². The van der Waals surface area contributed by atoms with Crippen LogP contribution in [-0.2, 0) is 19.4 Å². The number of H-pyrrole nitrogens is 1. The van der Waals surface area contributed by atoms with Crippen molar-refractivity contribution in [2.24, 2.45) is 0 Å². The summed E-state index contributed by atoms with van der Waals surface area (Å²) in [6, 6.07) is 15.0. The van der Waals surface area contributed by atoms with Gasteiger partial charge in [0.1, 0.15) is 5.69 Å². The first-order valence-electron chi connectivity index (χ1n) is 17.1. The van der Waals surface area contributed by atoms with Gasteiger partial charge in [0, 0.05) is 91.0 Å². The van der Waals surface area contributed by atoms with Crippen molar-refractivity contribution in [2.45, 2.75) is 36.3 Å². The Balaban J connectivity index is 0.924. The van der Waals surface area contributed by atoms with Crippen molar-refractivity contribution in [3.63, 3.8) is 0 Å². The molecule has 5 aromatic rings. The van der Waals surface area contributed by atoms with Gasteiger partial charge in [0.25, 0.3) is 0 Å². The van der Waals surface area contributed by atoms with Gasteiger partial charge in [-0.1, -0.05) is 6.08 Å². The average molecular weight is 704 g/mol. The monoisotopic (exact) mass is 703 g/mol. The molecule has 8 rings (SSSR count). The van der Waals surface area contributed by atoms with Gasteiger partial charge in [-0.2, -0.15) is 5.10 Å². The molecule has 3 aliphatic rings. The topological polar surface area (TPSA) is 167 Å². The second-order valence-electron chi connectivity index (χ2n) is 13.6. The Kier molecular flexibility index (Phi) is 8.43. The van der Waals surface area contributed by atoms with E-state index in [0.29, 0.717) is 43.5 Å². The molecule has 14 heteroatoms. The zero-order valence-corrected chi connectivity index (χ0v) is 28.9. The first-order valence-corrected chi connectivity index (χ1v) is 18.9. The molecule has 0 radical (unpaired) electrons. The summed E-state index contributed by atoms with van der Waals surface area (Å²) in [4.78, 5) is 48.4. The molecule has 2 amide bonds. The second kappa shape index (κ2) is 13.1. The molecule has 1 aromatic carbocycles. The predicted molar refractivity (Wildman–Crippen MR) is 193 cm³/mol. The molecule has 4 aromatic heterocycles. The van der Waals surface area contributed by atoms with E-state index < -0.39 is 20.5 Å². The summed E-state index contributed by atoms with van der Waals surface area (Å²) in [6.45, 7) is 1.20. The molecule has 0 bridgehead atoms. The maximum atomic E-state index is 13.9. The number of nitrogens with zero attached hydrogens (tertiary/aromatic N) is 7. The number of amides is 2. The number of aromatic nitrogens is 6. The molecule has 2 N–H and O–H groups in total. The van der Waals surface area contributed by atoms with Crippen LogP contribution in [0.25, 0.3) is 39.1 Å². The molecule has 2 fully saturated rings. The molecule has 6 heterocycles. The number of fused-ring (bicyclic) bond motifs is 1. The fourth-order valence-electron chi connectivity index (χ4n) is 6.99. The maximum Gasteiger partial charge on any atom is 0.247 e. The van der Waals surface area contributed by atoms with Crippen molar-refractivity contribution in [1.29, 1.82) is 0 Å². The van der Waals surface area contributed by atoms with Crippen molar-refractivity contribution < 1.29 is 18.0 Å². The summed E-state index contributed by atoms with van der Waals surface area (Å²) in [5.74, 6) is 0.385. The summed E-state index contributed by atoms with van der Waals surface area (Å²) in [6.07, 6.45) is 13.0. The Morgan fingerprint density at radius 1 is 0.980 bits per heavy atom. The Hall–Kier alpha value is -5.34. The van der Waals surface area contributed by atoms with E-state index in [2.05, 4.69) is 41.5 Å². The number of carbonyl (C=O) groups is 2. The Morgan fingerprint density at radius 3 is 2.55 bits per heavy atom. The number of benzene rings is 1. The highest BCUT2D eigenvalue weighted by atomic mass is 32.2. The van der Waals surface area contributed by atoms with Crippen LogP contribution in [0.3, 0.4) is 0 Å². The van der Waals surface area contributed by atoms with Crippen LogP contribution >= 0.6 is 0 Å². The molecule has 51 heavy (non-hydrogen) atoms. The first-order chi connectivity index (χ1) is 24.7.